The number of rotatable bonds is 4. The molecule has 0 aromatic heterocycles. The molecule has 0 spiro atoms. The maximum atomic E-state index is 13.6. The lowest BCUT2D eigenvalue weighted by atomic mass is 10.0. The van der Waals surface area contributed by atoms with Gasteiger partial charge in [-0.3, -0.25) is 19.2 Å². The molecule has 0 unspecified atom stereocenters. The topological polar surface area (TPSA) is 126 Å². The summed E-state index contributed by atoms with van der Waals surface area (Å²) in [6.45, 7) is 12.7. The SMILES string of the molecule is CC(C)C[C@H]1NC(=O)CC[C@@H](C(=O)N2C[C@@H](C)O[C@@H](C)C2)NC(=O)c2ccccc2OC[C@H](C(C)C)NC1=O. The summed E-state index contributed by atoms with van der Waals surface area (Å²) in [5, 5.41) is 8.75. The second kappa shape index (κ2) is 13.8. The first-order chi connectivity index (χ1) is 18.4. The number of para-hydroxylation sites is 1. The van der Waals surface area contributed by atoms with Gasteiger partial charge < -0.3 is 30.3 Å². The van der Waals surface area contributed by atoms with E-state index in [4.69, 9.17) is 9.47 Å². The Labute approximate surface area is 231 Å². The van der Waals surface area contributed by atoms with E-state index in [1.165, 1.54) is 0 Å². The lowest BCUT2D eigenvalue weighted by Crippen LogP contribution is -2.55. The number of carbonyl (C=O) groups is 4. The molecule has 2 aliphatic heterocycles. The van der Waals surface area contributed by atoms with Gasteiger partial charge in [-0.15, -0.1) is 0 Å². The summed E-state index contributed by atoms with van der Waals surface area (Å²) >= 11 is 0. The highest BCUT2D eigenvalue weighted by atomic mass is 16.5. The van der Waals surface area contributed by atoms with Crippen molar-refractivity contribution in [1.82, 2.24) is 20.9 Å². The van der Waals surface area contributed by atoms with Gasteiger partial charge in [0, 0.05) is 19.5 Å². The minimum atomic E-state index is -0.931. The zero-order valence-corrected chi connectivity index (χ0v) is 24.0. The smallest absolute Gasteiger partial charge is 0.255 e. The fourth-order valence-corrected chi connectivity index (χ4v) is 4.96. The van der Waals surface area contributed by atoms with E-state index in [1.807, 2.05) is 41.5 Å². The van der Waals surface area contributed by atoms with Gasteiger partial charge in [-0.1, -0.05) is 39.8 Å². The molecule has 3 N–H and O–H groups in total. The van der Waals surface area contributed by atoms with E-state index in [-0.39, 0.29) is 72.8 Å². The molecule has 1 saturated heterocycles. The van der Waals surface area contributed by atoms with E-state index >= 15 is 0 Å². The molecule has 5 atom stereocenters. The Morgan fingerprint density at radius 2 is 1.67 bits per heavy atom. The summed E-state index contributed by atoms with van der Waals surface area (Å²) in [5.74, 6) is -0.782. The van der Waals surface area contributed by atoms with Gasteiger partial charge in [0.2, 0.25) is 17.7 Å². The fourth-order valence-electron chi connectivity index (χ4n) is 4.96. The van der Waals surface area contributed by atoms with E-state index in [0.717, 1.165) is 0 Å². The number of amides is 4. The molecule has 1 fully saturated rings. The van der Waals surface area contributed by atoms with Crippen molar-refractivity contribution in [3.05, 3.63) is 29.8 Å². The first-order valence-electron chi connectivity index (χ1n) is 14.0. The Balaban J connectivity index is 1.93. The lowest BCUT2D eigenvalue weighted by molar-refractivity contribution is -0.145. The molecule has 0 saturated carbocycles. The van der Waals surface area contributed by atoms with E-state index in [1.54, 1.807) is 29.2 Å². The van der Waals surface area contributed by atoms with Crippen LogP contribution in [0.15, 0.2) is 24.3 Å². The van der Waals surface area contributed by atoms with E-state index in [2.05, 4.69) is 16.0 Å². The van der Waals surface area contributed by atoms with Crippen LogP contribution in [0.2, 0.25) is 0 Å². The Hall–Kier alpha value is -3.14. The van der Waals surface area contributed by atoms with Crippen molar-refractivity contribution in [2.75, 3.05) is 19.7 Å². The Morgan fingerprint density at radius 1 is 1.00 bits per heavy atom. The van der Waals surface area contributed by atoms with Gasteiger partial charge in [-0.25, -0.2) is 0 Å². The van der Waals surface area contributed by atoms with Crippen LogP contribution in [0, 0.1) is 11.8 Å². The molecule has 39 heavy (non-hydrogen) atoms. The zero-order valence-electron chi connectivity index (χ0n) is 24.0. The molecule has 2 aliphatic rings. The van der Waals surface area contributed by atoms with Gasteiger partial charge in [0.1, 0.15) is 24.4 Å². The molecule has 0 aliphatic carbocycles. The van der Waals surface area contributed by atoms with Crippen molar-refractivity contribution >= 4 is 23.6 Å². The van der Waals surface area contributed by atoms with E-state index in [0.29, 0.717) is 25.3 Å². The van der Waals surface area contributed by atoms with Crippen LogP contribution in [-0.2, 0) is 19.1 Å². The molecule has 1 aromatic rings. The lowest BCUT2D eigenvalue weighted by Gasteiger charge is -2.37. The maximum Gasteiger partial charge on any atom is 0.255 e. The largest absolute Gasteiger partial charge is 0.491 e. The van der Waals surface area contributed by atoms with Crippen LogP contribution in [0.3, 0.4) is 0 Å². The molecule has 10 nitrogen and oxygen atoms in total. The number of nitrogens with one attached hydrogen (secondary N) is 3. The standard InChI is InChI=1S/C29H44N4O6/c1-17(2)13-23-28(36)32-24(18(3)4)16-38-25-10-8-7-9-21(25)27(35)31-22(11-12-26(34)30-23)29(37)33-14-19(5)39-20(6)15-33/h7-10,17-20,22-24H,11-16H2,1-6H3,(H,30,34)(H,31,35)(H,32,36)/t19-,20+,22-,23+,24+/m0/s1. The first kappa shape index (κ1) is 30.4. The summed E-state index contributed by atoms with van der Waals surface area (Å²) < 4.78 is 11.8. The number of hydrogen-bond donors (Lipinski definition) is 3. The number of morpholine rings is 1. The molecular weight excluding hydrogens is 500 g/mol. The summed E-state index contributed by atoms with van der Waals surface area (Å²) in [4.78, 5) is 55.0. The monoisotopic (exact) mass is 544 g/mol. The average molecular weight is 545 g/mol. The van der Waals surface area contributed by atoms with Crippen molar-refractivity contribution in [3.63, 3.8) is 0 Å². The van der Waals surface area contributed by atoms with Gasteiger partial charge in [0.25, 0.3) is 5.91 Å². The highest BCUT2D eigenvalue weighted by molar-refractivity contribution is 6.00. The molecule has 1 aromatic carbocycles. The Kier molecular flexibility index (Phi) is 10.7. The van der Waals surface area contributed by atoms with E-state index < -0.39 is 18.0 Å². The van der Waals surface area contributed by atoms with Gasteiger partial charge in [0.15, 0.2) is 0 Å². The first-order valence-corrected chi connectivity index (χ1v) is 14.0. The summed E-state index contributed by atoms with van der Waals surface area (Å²) in [6.07, 6.45) is 0.244. The highest BCUT2D eigenvalue weighted by Gasteiger charge is 2.33. The minimum Gasteiger partial charge on any atom is -0.491 e. The number of carbonyl (C=O) groups excluding carboxylic acids is 4. The van der Waals surface area contributed by atoms with Crippen LogP contribution in [0.1, 0.15) is 71.2 Å². The molecule has 216 valence electrons. The van der Waals surface area contributed by atoms with E-state index in [9.17, 15) is 19.2 Å². The second-order valence-electron chi connectivity index (χ2n) is 11.5. The average Bonchev–Trinajstić information content (AvgIpc) is 2.86. The molecule has 4 amide bonds. The third kappa shape index (κ3) is 8.68. The molecule has 2 heterocycles. The minimum absolute atomic E-state index is 0.0280. The quantitative estimate of drug-likeness (QED) is 0.534. The van der Waals surface area contributed by atoms with Gasteiger partial charge >= 0.3 is 0 Å². The summed E-state index contributed by atoms with van der Waals surface area (Å²) in [6, 6.07) is 4.83. The second-order valence-corrected chi connectivity index (χ2v) is 11.5. The molecule has 3 rings (SSSR count). The third-order valence-electron chi connectivity index (χ3n) is 7.04. The number of hydrogen-bond acceptors (Lipinski definition) is 6. The van der Waals surface area contributed by atoms with Crippen LogP contribution >= 0.6 is 0 Å². The fraction of sp³-hybridized carbons (Fsp3) is 0.655. The highest BCUT2D eigenvalue weighted by Crippen LogP contribution is 2.21. The van der Waals surface area contributed by atoms with Crippen LogP contribution in [0.5, 0.6) is 5.75 Å². The van der Waals surface area contributed by atoms with Crippen molar-refractivity contribution in [2.45, 2.75) is 91.1 Å². The number of ether oxygens (including phenoxy) is 2. The van der Waals surface area contributed by atoms with Crippen molar-refractivity contribution in [2.24, 2.45) is 11.8 Å². The predicted octanol–water partition coefficient (Wildman–Crippen LogP) is 2.27. The van der Waals surface area contributed by atoms with Crippen LogP contribution < -0.4 is 20.7 Å². The van der Waals surface area contributed by atoms with Crippen LogP contribution in [-0.4, -0.2) is 78.6 Å². The van der Waals surface area contributed by atoms with Gasteiger partial charge in [0.05, 0.1) is 23.8 Å². The normalized spacial score (nSPS) is 27.4. The summed E-state index contributed by atoms with van der Waals surface area (Å²) in [7, 11) is 0. The number of benzene rings is 1. The number of fused-ring (bicyclic) bond motifs is 1. The molecule has 0 radical (unpaired) electrons. The van der Waals surface area contributed by atoms with Gasteiger partial charge in [-0.05, 0) is 50.7 Å². The third-order valence-corrected chi connectivity index (χ3v) is 7.04. The van der Waals surface area contributed by atoms with Crippen LogP contribution in [0.4, 0.5) is 0 Å². The summed E-state index contributed by atoms with van der Waals surface area (Å²) in [5.41, 5.74) is 0.282. The Bertz CT molecular complexity index is 1020. The van der Waals surface area contributed by atoms with Crippen LogP contribution in [0.25, 0.3) is 0 Å². The molecule has 0 bridgehead atoms. The predicted molar refractivity (Wildman–Crippen MR) is 147 cm³/mol. The zero-order chi connectivity index (χ0) is 28.7. The van der Waals surface area contributed by atoms with Gasteiger partial charge in [-0.2, -0.15) is 0 Å². The Morgan fingerprint density at radius 3 is 2.31 bits per heavy atom. The van der Waals surface area contributed by atoms with Crippen molar-refractivity contribution in [1.29, 1.82) is 0 Å². The van der Waals surface area contributed by atoms with Crippen molar-refractivity contribution in [3.8, 4) is 5.75 Å². The molecule has 10 heteroatoms. The van der Waals surface area contributed by atoms with Crippen molar-refractivity contribution < 1.29 is 28.7 Å². The maximum absolute atomic E-state index is 13.6. The molecular formula is C29H44N4O6. The number of nitrogens with zero attached hydrogens (tertiary/aromatic N) is 1.